The minimum Gasteiger partial charge on any atom is -0.467 e. The molecule has 0 aromatic heterocycles. The smallest absolute Gasteiger partial charge is 0.410 e. The fourth-order valence-corrected chi connectivity index (χ4v) is 2.79. The first-order valence-corrected chi connectivity index (χ1v) is 7.68. The lowest BCUT2D eigenvalue weighted by Crippen LogP contribution is -2.43. The molecule has 1 heterocycles. The van der Waals surface area contributed by atoms with E-state index in [-0.39, 0.29) is 12.1 Å². The van der Waals surface area contributed by atoms with Crippen molar-refractivity contribution < 1.29 is 32.2 Å². The topological polar surface area (TPSA) is 55.8 Å². The molecular formula is C17H20F3NO4. The largest absolute Gasteiger partial charge is 0.467 e. The molecule has 0 radical (unpaired) electrons. The van der Waals surface area contributed by atoms with Gasteiger partial charge in [-0.2, -0.15) is 0 Å². The summed E-state index contributed by atoms with van der Waals surface area (Å²) in [6.07, 6.45) is -0.830. The van der Waals surface area contributed by atoms with E-state index in [9.17, 15) is 18.4 Å². The molecule has 0 unspecified atom stereocenters. The van der Waals surface area contributed by atoms with Gasteiger partial charge in [-0.05, 0) is 32.4 Å². The van der Waals surface area contributed by atoms with Gasteiger partial charge in [-0.1, -0.05) is 6.07 Å². The number of likely N-dealkylation sites (tertiary alicyclic amines) is 1. The molecule has 25 heavy (non-hydrogen) atoms. The van der Waals surface area contributed by atoms with Gasteiger partial charge in [-0.3, -0.25) is 0 Å². The maximum absolute atomic E-state index is 15.4. The van der Waals surface area contributed by atoms with Crippen LogP contribution in [0.1, 0.15) is 32.3 Å². The summed E-state index contributed by atoms with van der Waals surface area (Å²) in [7, 11) is 0.998. The quantitative estimate of drug-likeness (QED) is 0.761. The number of hydrogen-bond acceptors (Lipinski definition) is 4. The van der Waals surface area contributed by atoms with Gasteiger partial charge in [0.1, 0.15) is 17.2 Å². The SMILES string of the molecule is COC(=O)[C@]1(F)CN(C(=O)OC(C)(C)C)C[C@H]1c1ccc(F)cc1F. The maximum atomic E-state index is 15.4. The predicted molar refractivity (Wildman–Crippen MR) is 82.8 cm³/mol. The number of hydrogen-bond donors (Lipinski definition) is 0. The van der Waals surface area contributed by atoms with Crippen molar-refractivity contribution in [2.24, 2.45) is 0 Å². The minimum absolute atomic E-state index is 0.208. The molecule has 2 atom stereocenters. The highest BCUT2D eigenvalue weighted by molar-refractivity contribution is 5.83. The van der Waals surface area contributed by atoms with Gasteiger partial charge in [0.15, 0.2) is 0 Å². The molecule has 0 N–H and O–H groups in total. The average Bonchev–Trinajstić information content (AvgIpc) is 2.84. The monoisotopic (exact) mass is 359 g/mol. The van der Waals surface area contributed by atoms with Crippen LogP contribution in [-0.2, 0) is 14.3 Å². The van der Waals surface area contributed by atoms with Gasteiger partial charge < -0.3 is 14.4 Å². The molecule has 8 heteroatoms. The number of rotatable bonds is 2. The van der Waals surface area contributed by atoms with Crippen LogP contribution < -0.4 is 0 Å². The predicted octanol–water partition coefficient (Wildman–Crippen LogP) is 3.18. The standard InChI is InChI=1S/C17H20F3NO4/c1-16(2,3)25-15(23)21-8-12(17(20,9-21)14(22)24-4)11-6-5-10(18)7-13(11)19/h5-7,12H,8-9H2,1-4H3/t12-,17-/m0/s1. The molecule has 1 saturated heterocycles. The Morgan fingerprint density at radius 1 is 1.28 bits per heavy atom. The van der Waals surface area contributed by atoms with Crippen LogP contribution in [0.3, 0.4) is 0 Å². The van der Waals surface area contributed by atoms with Gasteiger partial charge in [0.05, 0.1) is 19.6 Å². The molecule has 1 aliphatic heterocycles. The third-order valence-corrected chi connectivity index (χ3v) is 3.89. The number of halogens is 3. The van der Waals surface area contributed by atoms with Gasteiger partial charge in [-0.15, -0.1) is 0 Å². The molecular weight excluding hydrogens is 339 g/mol. The minimum atomic E-state index is -2.66. The summed E-state index contributed by atoms with van der Waals surface area (Å²) in [4.78, 5) is 25.2. The Bertz CT molecular complexity index is 689. The molecule has 2 rings (SSSR count). The number of methoxy groups -OCH3 is 1. The maximum Gasteiger partial charge on any atom is 0.410 e. The van der Waals surface area contributed by atoms with E-state index in [1.807, 2.05) is 0 Å². The van der Waals surface area contributed by atoms with E-state index < -0.39 is 47.4 Å². The summed E-state index contributed by atoms with van der Waals surface area (Å²) in [6.45, 7) is 3.97. The molecule has 0 saturated carbocycles. The van der Waals surface area contributed by atoms with Crippen molar-refractivity contribution >= 4 is 12.1 Å². The molecule has 5 nitrogen and oxygen atoms in total. The van der Waals surface area contributed by atoms with Crippen molar-refractivity contribution in [3.05, 3.63) is 35.4 Å². The summed E-state index contributed by atoms with van der Waals surface area (Å²) >= 11 is 0. The van der Waals surface area contributed by atoms with Gasteiger partial charge in [0.2, 0.25) is 5.67 Å². The second-order valence-corrected chi connectivity index (χ2v) is 6.93. The van der Waals surface area contributed by atoms with Crippen molar-refractivity contribution in [3.8, 4) is 0 Å². The third-order valence-electron chi connectivity index (χ3n) is 3.89. The summed E-state index contributed by atoms with van der Waals surface area (Å²) in [6, 6.07) is 2.63. The van der Waals surface area contributed by atoms with Crippen LogP contribution in [0.4, 0.5) is 18.0 Å². The number of nitrogens with zero attached hydrogens (tertiary/aromatic N) is 1. The molecule has 138 valence electrons. The zero-order chi connectivity index (χ0) is 19.0. The zero-order valence-electron chi connectivity index (χ0n) is 14.4. The Labute approximate surface area is 143 Å². The van der Waals surface area contributed by atoms with Crippen molar-refractivity contribution in [2.75, 3.05) is 20.2 Å². The highest BCUT2D eigenvalue weighted by Crippen LogP contribution is 2.41. The lowest BCUT2D eigenvalue weighted by Gasteiger charge is -2.24. The fourth-order valence-electron chi connectivity index (χ4n) is 2.79. The van der Waals surface area contributed by atoms with Crippen LogP contribution in [0.2, 0.25) is 0 Å². The molecule has 0 spiro atoms. The first-order valence-electron chi connectivity index (χ1n) is 7.68. The van der Waals surface area contributed by atoms with Gasteiger partial charge >= 0.3 is 12.1 Å². The van der Waals surface area contributed by atoms with Gasteiger partial charge in [0, 0.05) is 12.6 Å². The summed E-state index contributed by atoms with van der Waals surface area (Å²) in [5.74, 6) is -4.40. The molecule has 1 aliphatic rings. The molecule has 0 bridgehead atoms. The van der Waals surface area contributed by atoms with Crippen molar-refractivity contribution in [1.29, 1.82) is 0 Å². The van der Waals surface area contributed by atoms with E-state index in [1.165, 1.54) is 0 Å². The molecule has 1 aromatic rings. The molecule has 1 fully saturated rings. The normalized spacial score (nSPS) is 23.5. The van der Waals surface area contributed by atoms with E-state index >= 15 is 4.39 Å². The number of carbonyl (C=O) groups is 2. The highest BCUT2D eigenvalue weighted by Gasteiger charge is 2.57. The third kappa shape index (κ3) is 3.88. The first kappa shape index (κ1) is 19.1. The van der Waals surface area contributed by atoms with Crippen LogP contribution in [0.25, 0.3) is 0 Å². The second-order valence-electron chi connectivity index (χ2n) is 6.93. The van der Waals surface area contributed by atoms with Crippen LogP contribution in [0, 0.1) is 11.6 Å². The fraction of sp³-hybridized carbons (Fsp3) is 0.529. The first-order chi connectivity index (χ1) is 11.5. The molecule has 0 aliphatic carbocycles. The van der Waals surface area contributed by atoms with Crippen LogP contribution >= 0.6 is 0 Å². The Morgan fingerprint density at radius 2 is 1.92 bits per heavy atom. The Morgan fingerprint density at radius 3 is 2.44 bits per heavy atom. The van der Waals surface area contributed by atoms with E-state index in [4.69, 9.17) is 4.74 Å². The molecule has 1 aromatic carbocycles. The van der Waals surface area contributed by atoms with Crippen LogP contribution in [-0.4, -0.2) is 48.4 Å². The summed E-state index contributed by atoms with van der Waals surface area (Å²) in [5, 5.41) is 0. The van der Waals surface area contributed by atoms with E-state index in [2.05, 4.69) is 4.74 Å². The van der Waals surface area contributed by atoms with Gasteiger partial charge in [-0.25, -0.2) is 22.8 Å². The zero-order valence-corrected chi connectivity index (χ0v) is 14.4. The Hall–Kier alpha value is -2.25. The van der Waals surface area contributed by atoms with Crippen LogP contribution in [0.5, 0.6) is 0 Å². The Balaban J connectivity index is 2.38. The Kier molecular flexibility index (Phi) is 5.02. The van der Waals surface area contributed by atoms with E-state index in [1.54, 1.807) is 20.8 Å². The van der Waals surface area contributed by atoms with E-state index in [0.717, 1.165) is 24.1 Å². The lowest BCUT2D eigenvalue weighted by atomic mass is 9.86. The lowest BCUT2D eigenvalue weighted by molar-refractivity contribution is -0.154. The van der Waals surface area contributed by atoms with Crippen molar-refractivity contribution in [3.63, 3.8) is 0 Å². The number of alkyl halides is 1. The highest BCUT2D eigenvalue weighted by atomic mass is 19.1. The number of ether oxygens (including phenoxy) is 2. The second kappa shape index (κ2) is 6.57. The number of benzene rings is 1. The van der Waals surface area contributed by atoms with Crippen molar-refractivity contribution in [1.82, 2.24) is 4.90 Å². The van der Waals surface area contributed by atoms with Crippen LogP contribution in [0.15, 0.2) is 18.2 Å². The van der Waals surface area contributed by atoms with Crippen molar-refractivity contribution in [2.45, 2.75) is 38.0 Å². The number of carbonyl (C=O) groups excluding carboxylic acids is 2. The number of amides is 1. The summed E-state index contributed by atoms with van der Waals surface area (Å²) in [5.41, 5.74) is -3.69. The average molecular weight is 359 g/mol. The molecule has 1 amide bonds. The summed E-state index contributed by atoms with van der Waals surface area (Å²) < 4.78 is 52.3. The van der Waals surface area contributed by atoms with Gasteiger partial charge in [0.25, 0.3) is 0 Å². The number of esters is 1. The van der Waals surface area contributed by atoms with E-state index in [0.29, 0.717) is 6.07 Å².